The fourth-order valence-corrected chi connectivity index (χ4v) is 3.15. The van der Waals surface area contributed by atoms with Crippen LogP contribution in [0.2, 0.25) is 0 Å². The zero-order valence-electron chi connectivity index (χ0n) is 14.8. The minimum atomic E-state index is -0.341. The van der Waals surface area contributed by atoms with Crippen molar-refractivity contribution in [2.45, 2.75) is 13.3 Å². The number of benzene rings is 2. The lowest BCUT2D eigenvalue weighted by atomic mass is 10.1. The van der Waals surface area contributed by atoms with Crippen LogP contribution in [0.15, 0.2) is 60.7 Å². The lowest BCUT2D eigenvalue weighted by molar-refractivity contribution is 0.101. The number of hydrogen-bond donors (Lipinski definition) is 1. The highest BCUT2D eigenvalue weighted by molar-refractivity contribution is 6.03. The third-order valence-corrected chi connectivity index (χ3v) is 4.60. The fraction of sp³-hybridized carbons (Fsp3) is 0.143. The molecule has 0 atom stereocenters. The van der Waals surface area contributed by atoms with Crippen molar-refractivity contribution in [3.05, 3.63) is 77.5 Å². The largest absolute Gasteiger partial charge is 0.324 e. The Kier molecular flexibility index (Phi) is 4.38. The highest BCUT2D eigenvalue weighted by Crippen LogP contribution is 2.32. The van der Waals surface area contributed by atoms with E-state index in [1.54, 1.807) is 30.3 Å². The number of amides is 1. The molecule has 1 N–H and O–H groups in total. The van der Waals surface area contributed by atoms with E-state index < -0.39 is 0 Å². The molecule has 0 bridgehead atoms. The zero-order valence-corrected chi connectivity index (χ0v) is 14.8. The van der Waals surface area contributed by atoms with Gasteiger partial charge in [-0.05, 0) is 61.4 Å². The quantitative estimate of drug-likeness (QED) is 0.721. The van der Waals surface area contributed by atoms with Crippen LogP contribution in [-0.4, -0.2) is 28.4 Å². The first-order chi connectivity index (χ1) is 13.1. The smallest absolute Gasteiger partial charge is 0.276 e. The van der Waals surface area contributed by atoms with Crippen LogP contribution in [0.3, 0.4) is 0 Å². The lowest BCUT2D eigenvalue weighted by Gasteiger charge is -2.17. The number of nitrogens with zero attached hydrogens (tertiary/aromatic N) is 3. The number of anilines is 3. The van der Waals surface area contributed by atoms with Crippen LogP contribution in [0.1, 0.15) is 33.3 Å². The summed E-state index contributed by atoms with van der Waals surface area (Å²) in [5.41, 5.74) is 3.86. The average Bonchev–Trinajstić information content (AvgIpc) is 3.12. The zero-order chi connectivity index (χ0) is 18.8. The number of carbonyl (C=O) groups excluding carboxylic acids is 2. The summed E-state index contributed by atoms with van der Waals surface area (Å²) in [4.78, 5) is 25.8. The Bertz CT molecular complexity index is 997. The van der Waals surface area contributed by atoms with Crippen LogP contribution >= 0.6 is 0 Å². The SMILES string of the molecule is CC(=O)c1ccc(NC(=O)c2ccc(N3CCc4ccccc43)nn2)cc1. The van der Waals surface area contributed by atoms with Gasteiger partial charge in [0, 0.05) is 23.5 Å². The van der Waals surface area contributed by atoms with Crippen LogP contribution in [0.5, 0.6) is 0 Å². The molecule has 1 aromatic heterocycles. The van der Waals surface area contributed by atoms with E-state index >= 15 is 0 Å². The fourth-order valence-electron chi connectivity index (χ4n) is 3.15. The van der Waals surface area contributed by atoms with E-state index in [9.17, 15) is 9.59 Å². The van der Waals surface area contributed by atoms with Crippen LogP contribution in [-0.2, 0) is 6.42 Å². The van der Waals surface area contributed by atoms with Crippen molar-refractivity contribution >= 4 is 28.9 Å². The van der Waals surface area contributed by atoms with Crippen molar-refractivity contribution in [2.75, 3.05) is 16.8 Å². The second-order valence-corrected chi connectivity index (χ2v) is 6.39. The summed E-state index contributed by atoms with van der Waals surface area (Å²) >= 11 is 0. The first kappa shape index (κ1) is 16.9. The van der Waals surface area contributed by atoms with Gasteiger partial charge in [0.15, 0.2) is 17.3 Å². The first-order valence-electron chi connectivity index (χ1n) is 8.73. The van der Waals surface area contributed by atoms with Gasteiger partial charge in [-0.2, -0.15) is 0 Å². The molecule has 134 valence electrons. The van der Waals surface area contributed by atoms with Crippen LogP contribution in [0.4, 0.5) is 17.2 Å². The number of ketones is 1. The standard InChI is InChI=1S/C21H18N4O2/c1-14(26)15-6-8-17(9-7-15)22-21(27)18-10-11-20(24-23-18)25-13-12-16-4-2-3-5-19(16)25/h2-11H,12-13H2,1H3,(H,22,27). The Labute approximate surface area is 156 Å². The molecule has 0 radical (unpaired) electrons. The van der Waals surface area contributed by atoms with Gasteiger partial charge in [-0.1, -0.05) is 18.2 Å². The van der Waals surface area contributed by atoms with Crippen LogP contribution < -0.4 is 10.2 Å². The van der Waals surface area contributed by atoms with E-state index in [1.165, 1.54) is 12.5 Å². The molecule has 6 nitrogen and oxygen atoms in total. The van der Waals surface area contributed by atoms with Gasteiger partial charge in [-0.15, -0.1) is 10.2 Å². The summed E-state index contributed by atoms with van der Waals surface area (Å²) in [5.74, 6) is 0.367. The van der Waals surface area contributed by atoms with Gasteiger partial charge in [0.1, 0.15) is 0 Å². The number of carbonyl (C=O) groups is 2. The third-order valence-electron chi connectivity index (χ3n) is 4.60. The summed E-state index contributed by atoms with van der Waals surface area (Å²) in [6.07, 6.45) is 0.969. The molecule has 1 amide bonds. The molecule has 0 saturated carbocycles. The Balaban J connectivity index is 1.47. The van der Waals surface area contributed by atoms with Gasteiger partial charge in [0.05, 0.1) is 0 Å². The molecule has 1 aliphatic rings. The molecule has 0 spiro atoms. The molecule has 0 aliphatic carbocycles. The molecular formula is C21H18N4O2. The maximum Gasteiger partial charge on any atom is 0.276 e. The monoisotopic (exact) mass is 358 g/mol. The van der Waals surface area contributed by atoms with Crippen molar-refractivity contribution in [3.63, 3.8) is 0 Å². The topological polar surface area (TPSA) is 75.2 Å². The van der Waals surface area contributed by atoms with Crippen molar-refractivity contribution < 1.29 is 9.59 Å². The Morgan fingerprint density at radius 2 is 1.74 bits per heavy atom. The molecular weight excluding hydrogens is 340 g/mol. The molecule has 3 aromatic rings. The maximum absolute atomic E-state index is 12.4. The van der Waals surface area contributed by atoms with Crippen molar-refractivity contribution in [1.82, 2.24) is 10.2 Å². The summed E-state index contributed by atoms with van der Waals surface area (Å²) in [6, 6.07) is 18.4. The molecule has 4 rings (SSSR count). The second kappa shape index (κ2) is 6.99. The van der Waals surface area contributed by atoms with Crippen molar-refractivity contribution in [3.8, 4) is 0 Å². The van der Waals surface area contributed by atoms with E-state index in [0.29, 0.717) is 11.3 Å². The van der Waals surface area contributed by atoms with Gasteiger partial charge in [-0.25, -0.2) is 0 Å². The predicted molar refractivity (Wildman–Crippen MR) is 104 cm³/mol. The van der Waals surface area contributed by atoms with Gasteiger partial charge in [-0.3, -0.25) is 9.59 Å². The van der Waals surface area contributed by atoms with Crippen LogP contribution in [0.25, 0.3) is 0 Å². The van der Waals surface area contributed by atoms with E-state index in [4.69, 9.17) is 0 Å². The molecule has 27 heavy (non-hydrogen) atoms. The van der Waals surface area contributed by atoms with E-state index in [-0.39, 0.29) is 17.4 Å². The number of aromatic nitrogens is 2. The number of fused-ring (bicyclic) bond motifs is 1. The number of para-hydroxylation sites is 1. The second-order valence-electron chi connectivity index (χ2n) is 6.39. The van der Waals surface area contributed by atoms with Crippen LogP contribution in [0, 0.1) is 0 Å². The van der Waals surface area contributed by atoms with Crippen molar-refractivity contribution in [1.29, 1.82) is 0 Å². The lowest BCUT2D eigenvalue weighted by Crippen LogP contribution is -2.18. The van der Waals surface area contributed by atoms with Gasteiger partial charge < -0.3 is 10.2 Å². The Morgan fingerprint density at radius 1 is 0.963 bits per heavy atom. The van der Waals surface area contributed by atoms with Gasteiger partial charge in [0.25, 0.3) is 5.91 Å². The third kappa shape index (κ3) is 3.42. The molecule has 0 fully saturated rings. The molecule has 6 heteroatoms. The average molecular weight is 358 g/mol. The number of rotatable bonds is 4. The predicted octanol–water partition coefficient (Wildman–Crippen LogP) is 3.63. The van der Waals surface area contributed by atoms with Gasteiger partial charge >= 0.3 is 0 Å². The van der Waals surface area contributed by atoms with Gasteiger partial charge in [0.2, 0.25) is 0 Å². The number of Topliss-reactive ketones (excluding diaryl/α,β-unsaturated/α-hetero) is 1. The first-order valence-corrected chi connectivity index (χ1v) is 8.73. The molecule has 2 heterocycles. The highest BCUT2D eigenvalue weighted by atomic mass is 16.2. The van der Waals surface area contributed by atoms with Crippen molar-refractivity contribution in [2.24, 2.45) is 0 Å². The summed E-state index contributed by atoms with van der Waals surface area (Å²) < 4.78 is 0. The molecule has 0 saturated heterocycles. The number of nitrogens with one attached hydrogen (secondary N) is 1. The Hall–Kier alpha value is -3.54. The maximum atomic E-state index is 12.4. The van der Waals surface area contributed by atoms with E-state index in [1.807, 2.05) is 18.2 Å². The summed E-state index contributed by atoms with van der Waals surface area (Å²) in [6.45, 7) is 2.35. The Morgan fingerprint density at radius 3 is 2.44 bits per heavy atom. The molecule has 2 aromatic carbocycles. The summed E-state index contributed by atoms with van der Waals surface area (Å²) in [5, 5.41) is 11.1. The highest BCUT2D eigenvalue weighted by Gasteiger charge is 2.21. The number of hydrogen-bond acceptors (Lipinski definition) is 5. The summed E-state index contributed by atoms with van der Waals surface area (Å²) in [7, 11) is 0. The van der Waals surface area contributed by atoms with E-state index in [0.717, 1.165) is 24.5 Å². The molecule has 0 unspecified atom stereocenters. The minimum absolute atomic E-state index is 0.0159. The molecule has 1 aliphatic heterocycles. The van der Waals surface area contributed by atoms with E-state index in [2.05, 4.69) is 32.5 Å². The normalized spacial score (nSPS) is 12.6. The minimum Gasteiger partial charge on any atom is -0.324 e.